The maximum Gasteiger partial charge on any atom is 0.409 e. The van der Waals surface area contributed by atoms with Crippen molar-refractivity contribution in [2.45, 2.75) is 65.0 Å². The van der Waals surface area contributed by atoms with Crippen molar-refractivity contribution in [3.63, 3.8) is 0 Å². The molecule has 2 N–H and O–H groups in total. The summed E-state index contributed by atoms with van der Waals surface area (Å²) < 4.78 is 4.78. The Labute approximate surface area is 144 Å². The summed E-state index contributed by atoms with van der Waals surface area (Å²) >= 11 is 0. The first-order valence-corrected chi connectivity index (χ1v) is 9.18. The number of urea groups is 1. The van der Waals surface area contributed by atoms with Crippen LogP contribution in [-0.2, 0) is 4.74 Å². The van der Waals surface area contributed by atoms with Crippen LogP contribution >= 0.6 is 0 Å². The smallest absolute Gasteiger partial charge is 0.409 e. The molecule has 1 aliphatic heterocycles. The maximum atomic E-state index is 12.5. The van der Waals surface area contributed by atoms with E-state index in [1.165, 1.54) is 20.0 Å². The van der Waals surface area contributed by atoms with Crippen LogP contribution in [0.1, 0.15) is 52.9 Å². The molecule has 4 atom stereocenters. The minimum Gasteiger partial charge on any atom is -0.453 e. The summed E-state index contributed by atoms with van der Waals surface area (Å²) in [5.41, 5.74) is 0.469. The number of ether oxygens (including phenoxy) is 1. The highest BCUT2D eigenvalue weighted by molar-refractivity contribution is 5.75. The number of piperidine rings is 1. The number of hydrogen-bond donors (Lipinski definition) is 2. The summed E-state index contributed by atoms with van der Waals surface area (Å²) in [7, 11) is 1.39. The summed E-state index contributed by atoms with van der Waals surface area (Å²) in [6, 6.07) is 0.144. The average molecular weight is 337 g/mol. The van der Waals surface area contributed by atoms with E-state index in [-0.39, 0.29) is 35.0 Å². The molecule has 2 bridgehead atoms. The van der Waals surface area contributed by atoms with Crippen LogP contribution in [0.2, 0.25) is 0 Å². The Morgan fingerprint density at radius 2 is 1.92 bits per heavy atom. The Hall–Kier alpha value is -1.46. The van der Waals surface area contributed by atoms with E-state index in [9.17, 15) is 9.59 Å². The predicted molar refractivity (Wildman–Crippen MR) is 91.7 cm³/mol. The van der Waals surface area contributed by atoms with Crippen molar-refractivity contribution in [2.24, 2.45) is 16.7 Å². The third-order valence-electron chi connectivity index (χ3n) is 7.29. The zero-order chi connectivity index (χ0) is 17.5. The Morgan fingerprint density at radius 3 is 2.50 bits per heavy atom. The van der Waals surface area contributed by atoms with Crippen LogP contribution in [0, 0.1) is 16.7 Å². The number of methoxy groups -OCH3 is 1. The van der Waals surface area contributed by atoms with Crippen LogP contribution in [0.3, 0.4) is 0 Å². The summed E-state index contributed by atoms with van der Waals surface area (Å²) in [5, 5.41) is 6.29. The van der Waals surface area contributed by atoms with Crippen molar-refractivity contribution >= 4 is 12.1 Å². The van der Waals surface area contributed by atoms with Gasteiger partial charge in [-0.25, -0.2) is 9.59 Å². The molecular formula is C18H31N3O3. The number of amides is 3. The molecule has 2 aliphatic carbocycles. The highest BCUT2D eigenvalue weighted by Gasteiger charge is 2.61. The van der Waals surface area contributed by atoms with E-state index in [2.05, 4.69) is 31.4 Å². The van der Waals surface area contributed by atoms with E-state index in [1.807, 2.05) is 0 Å². The largest absolute Gasteiger partial charge is 0.453 e. The number of nitrogens with one attached hydrogen (secondary N) is 2. The van der Waals surface area contributed by atoms with Crippen molar-refractivity contribution in [3.8, 4) is 0 Å². The van der Waals surface area contributed by atoms with E-state index in [0.717, 1.165) is 19.3 Å². The molecule has 0 aromatic rings. The third-order valence-corrected chi connectivity index (χ3v) is 7.29. The van der Waals surface area contributed by atoms with Gasteiger partial charge in [0.25, 0.3) is 0 Å². The van der Waals surface area contributed by atoms with E-state index in [0.29, 0.717) is 19.0 Å². The van der Waals surface area contributed by atoms with E-state index in [4.69, 9.17) is 4.74 Å². The van der Waals surface area contributed by atoms with Crippen molar-refractivity contribution in [1.82, 2.24) is 15.5 Å². The van der Waals surface area contributed by atoms with Crippen molar-refractivity contribution in [2.75, 3.05) is 20.2 Å². The summed E-state index contributed by atoms with van der Waals surface area (Å²) in [6.07, 6.45) is 5.02. The van der Waals surface area contributed by atoms with Gasteiger partial charge >= 0.3 is 12.1 Å². The van der Waals surface area contributed by atoms with Gasteiger partial charge in [-0.1, -0.05) is 20.8 Å². The zero-order valence-corrected chi connectivity index (χ0v) is 15.4. The van der Waals surface area contributed by atoms with Gasteiger partial charge in [-0.15, -0.1) is 0 Å². The molecule has 24 heavy (non-hydrogen) atoms. The quantitative estimate of drug-likeness (QED) is 0.814. The number of hydrogen-bond acceptors (Lipinski definition) is 3. The van der Waals surface area contributed by atoms with Crippen LogP contribution in [-0.4, -0.2) is 49.3 Å². The number of fused-ring (bicyclic) bond motifs is 2. The second-order valence-corrected chi connectivity index (χ2v) is 8.54. The maximum absolute atomic E-state index is 12.5. The minimum absolute atomic E-state index is 0.00254. The molecule has 0 radical (unpaired) electrons. The van der Waals surface area contributed by atoms with Crippen molar-refractivity contribution < 1.29 is 14.3 Å². The van der Waals surface area contributed by atoms with Crippen LogP contribution in [0.4, 0.5) is 9.59 Å². The lowest BCUT2D eigenvalue weighted by atomic mass is 9.69. The molecule has 3 amide bonds. The standard InChI is InChI=1S/C18H31N3O3/c1-17(2)12-7-8-18(17,3)14(10-12)20-15(22)19-13-6-5-9-21(11-13)16(23)24-4/h12-14H,5-11H2,1-4H3,(H2,19,20,22)/t12-,13-,14-,18+/m1/s1. The second-order valence-electron chi connectivity index (χ2n) is 8.54. The molecule has 0 aromatic carbocycles. The Morgan fingerprint density at radius 1 is 1.17 bits per heavy atom. The first-order valence-electron chi connectivity index (χ1n) is 9.18. The zero-order valence-electron chi connectivity index (χ0n) is 15.4. The SMILES string of the molecule is COC(=O)N1CCC[C@@H](NC(=O)N[C@@H]2C[C@H]3CC[C@]2(C)C3(C)C)C1. The Kier molecular flexibility index (Phi) is 4.43. The highest BCUT2D eigenvalue weighted by atomic mass is 16.5. The van der Waals surface area contributed by atoms with E-state index in [1.54, 1.807) is 4.90 Å². The van der Waals surface area contributed by atoms with Gasteiger partial charge in [0.2, 0.25) is 0 Å². The summed E-state index contributed by atoms with van der Waals surface area (Å²) in [4.78, 5) is 25.8. The lowest BCUT2D eigenvalue weighted by Crippen LogP contribution is -2.55. The molecule has 6 heteroatoms. The van der Waals surface area contributed by atoms with Gasteiger partial charge in [0.15, 0.2) is 0 Å². The fraction of sp³-hybridized carbons (Fsp3) is 0.889. The number of rotatable bonds is 2. The topological polar surface area (TPSA) is 70.7 Å². The van der Waals surface area contributed by atoms with Crippen molar-refractivity contribution in [3.05, 3.63) is 0 Å². The molecule has 136 valence electrons. The summed E-state index contributed by atoms with van der Waals surface area (Å²) in [5.74, 6) is 0.706. The van der Waals surface area contributed by atoms with Crippen LogP contribution in [0.15, 0.2) is 0 Å². The van der Waals surface area contributed by atoms with Gasteiger partial charge in [0.05, 0.1) is 7.11 Å². The molecule has 3 aliphatic rings. The first-order chi connectivity index (χ1) is 11.3. The van der Waals surface area contributed by atoms with Crippen LogP contribution in [0.5, 0.6) is 0 Å². The molecular weight excluding hydrogens is 306 g/mol. The highest BCUT2D eigenvalue weighted by Crippen LogP contribution is 2.65. The fourth-order valence-electron chi connectivity index (χ4n) is 5.20. The van der Waals surface area contributed by atoms with Crippen LogP contribution < -0.4 is 10.6 Å². The molecule has 0 spiro atoms. The second kappa shape index (κ2) is 6.12. The Bertz CT molecular complexity index is 522. The number of nitrogens with zero attached hydrogens (tertiary/aromatic N) is 1. The molecule has 2 saturated carbocycles. The third kappa shape index (κ3) is 2.74. The number of carbonyl (C=O) groups is 2. The van der Waals surface area contributed by atoms with Gasteiger partial charge in [-0.05, 0) is 48.9 Å². The molecule has 1 saturated heterocycles. The Balaban J connectivity index is 1.54. The molecule has 0 unspecified atom stereocenters. The number of carbonyl (C=O) groups excluding carboxylic acids is 2. The van der Waals surface area contributed by atoms with Gasteiger partial charge in [0.1, 0.15) is 0 Å². The van der Waals surface area contributed by atoms with E-state index < -0.39 is 0 Å². The lowest BCUT2D eigenvalue weighted by Gasteiger charge is -2.40. The normalized spacial score (nSPS) is 37.2. The molecule has 1 heterocycles. The molecule has 3 fully saturated rings. The van der Waals surface area contributed by atoms with Gasteiger partial charge in [-0.2, -0.15) is 0 Å². The van der Waals surface area contributed by atoms with Crippen LogP contribution in [0.25, 0.3) is 0 Å². The summed E-state index contributed by atoms with van der Waals surface area (Å²) in [6.45, 7) is 8.24. The number of likely N-dealkylation sites (tertiary alicyclic amines) is 1. The lowest BCUT2D eigenvalue weighted by molar-refractivity contribution is 0.106. The predicted octanol–water partition coefficient (Wildman–Crippen LogP) is 2.73. The monoisotopic (exact) mass is 337 g/mol. The molecule has 3 rings (SSSR count). The fourth-order valence-corrected chi connectivity index (χ4v) is 5.20. The van der Waals surface area contributed by atoms with Crippen molar-refractivity contribution in [1.29, 1.82) is 0 Å². The molecule has 6 nitrogen and oxygen atoms in total. The average Bonchev–Trinajstić information content (AvgIpc) is 2.87. The van der Waals surface area contributed by atoms with Gasteiger partial charge < -0.3 is 20.3 Å². The minimum atomic E-state index is -0.315. The van der Waals surface area contributed by atoms with Gasteiger partial charge in [0, 0.05) is 25.2 Å². The van der Waals surface area contributed by atoms with Gasteiger partial charge in [-0.3, -0.25) is 0 Å². The first kappa shape index (κ1) is 17.4. The van der Waals surface area contributed by atoms with E-state index >= 15 is 0 Å². The molecule has 0 aromatic heterocycles.